The Morgan fingerprint density at radius 1 is 0.821 bits per heavy atom. The minimum atomic E-state index is -0.589. The third-order valence-electron chi connectivity index (χ3n) is 4.10. The number of methoxy groups -OCH3 is 1. The summed E-state index contributed by atoms with van der Waals surface area (Å²) in [6, 6.07) is 23.9. The summed E-state index contributed by atoms with van der Waals surface area (Å²) in [5, 5.41) is 2.88. The van der Waals surface area contributed by atoms with Crippen molar-refractivity contribution >= 4 is 11.6 Å². The molecule has 3 aromatic rings. The van der Waals surface area contributed by atoms with Crippen LogP contribution in [0.3, 0.4) is 0 Å². The summed E-state index contributed by atoms with van der Waals surface area (Å²) in [6.07, 6.45) is -0.0405. The molecule has 1 N–H and O–H groups in total. The molecule has 1 atom stereocenters. The number of ether oxygens (including phenoxy) is 3. The zero-order valence-corrected chi connectivity index (χ0v) is 15.9. The quantitative estimate of drug-likeness (QED) is 0.580. The Labute approximate surface area is 164 Å². The van der Waals surface area contributed by atoms with Crippen LogP contribution in [0.25, 0.3) is 0 Å². The van der Waals surface area contributed by atoms with Crippen molar-refractivity contribution in [3.05, 3.63) is 78.9 Å². The Bertz CT molecular complexity index is 877. The highest BCUT2D eigenvalue weighted by Gasteiger charge is 2.18. The van der Waals surface area contributed by atoms with E-state index in [1.807, 2.05) is 49.4 Å². The van der Waals surface area contributed by atoms with Crippen LogP contribution >= 0.6 is 0 Å². The van der Waals surface area contributed by atoms with E-state index in [9.17, 15) is 4.79 Å². The highest BCUT2D eigenvalue weighted by atomic mass is 16.5. The van der Waals surface area contributed by atoms with Crippen LogP contribution in [-0.2, 0) is 4.79 Å². The first-order chi connectivity index (χ1) is 13.7. The lowest BCUT2D eigenvalue weighted by molar-refractivity contribution is -0.122. The van der Waals surface area contributed by atoms with E-state index in [0.29, 0.717) is 23.6 Å². The molecule has 0 aliphatic carbocycles. The molecule has 5 nitrogen and oxygen atoms in total. The molecule has 0 aliphatic rings. The summed E-state index contributed by atoms with van der Waals surface area (Å²) in [6.45, 7) is 1.91. The number of carbonyl (C=O) groups excluding carboxylic acids is 1. The molecule has 0 fully saturated rings. The first-order valence-corrected chi connectivity index (χ1v) is 9.12. The van der Waals surface area contributed by atoms with Crippen LogP contribution in [0.4, 0.5) is 5.69 Å². The fourth-order valence-corrected chi connectivity index (χ4v) is 2.59. The monoisotopic (exact) mass is 377 g/mol. The summed E-state index contributed by atoms with van der Waals surface area (Å²) in [5.41, 5.74) is 0.683. The molecule has 0 aliphatic heterocycles. The summed E-state index contributed by atoms with van der Waals surface area (Å²) >= 11 is 0. The van der Waals surface area contributed by atoms with Crippen molar-refractivity contribution in [1.82, 2.24) is 0 Å². The second kappa shape index (κ2) is 9.46. The molecule has 3 rings (SSSR count). The molecule has 0 saturated heterocycles. The van der Waals surface area contributed by atoms with Crippen molar-refractivity contribution in [2.24, 2.45) is 0 Å². The Morgan fingerprint density at radius 2 is 1.39 bits per heavy atom. The van der Waals surface area contributed by atoms with Crippen molar-refractivity contribution in [3.63, 3.8) is 0 Å². The van der Waals surface area contributed by atoms with Crippen molar-refractivity contribution in [1.29, 1.82) is 0 Å². The van der Waals surface area contributed by atoms with Gasteiger partial charge in [0.2, 0.25) is 0 Å². The smallest absolute Gasteiger partial charge is 0.265 e. The zero-order chi connectivity index (χ0) is 19.8. The van der Waals surface area contributed by atoms with E-state index in [1.165, 1.54) is 0 Å². The molecule has 0 radical (unpaired) electrons. The van der Waals surface area contributed by atoms with Crippen LogP contribution in [0.2, 0.25) is 0 Å². The maximum absolute atomic E-state index is 12.6. The number of anilines is 1. The normalized spacial score (nSPS) is 11.4. The first-order valence-electron chi connectivity index (χ1n) is 9.12. The first kappa shape index (κ1) is 19.3. The van der Waals surface area contributed by atoms with Crippen LogP contribution in [0.1, 0.15) is 13.3 Å². The molecule has 0 saturated carbocycles. The number of carbonyl (C=O) groups is 1. The van der Waals surface area contributed by atoms with Gasteiger partial charge in [-0.3, -0.25) is 4.79 Å². The highest BCUT2D eigenvalue weighted by Crippen LogP contribution is 2.23. The molecule has 0 bridgehead atoms. The molecule has 0 heterocycles. The van der Waals surface area contributed by atoms with Crippen molar-refractivity contribution < 1.29 is 19.0 Å². The van der Waals surface area contributed by atoms with Gasteiger partial charge in [0.05, 0.1) is 7.11 Å². The van der Waals surface area contributed by atoms with Gasteiger partial charge < -0.3 is 19.5 Å². The topological polar surface area (TPSA) is 56.8 Å². The van der Waals surface area contributed by atoms with Gasteiger partial charge in [0.1, 0.15) is 23.0 Å². The number of amides is 1. The van der Waals surface area contributed by atoms with Crippen LogP contribution in [0.5, 0.6) is 23.0 Å². The van der Waals surface area contributed by atoms with Gasteiger partial charge in [0.15, 0.2) is 6.10 Å². The van der Waals surface area contributed by atoms with Gasteiger partial charge in [-0.15, -0.1) is 0 Å². The Morgan fingerprint density at radius 3 is 2.00 bits per heavy atom. The lowest BCUT2D eigenvalue weighted by Crippen LogP contribution is -2.32. The van der Waals surface area contributed by atoms with Gasteiger partial charge in [0.25, 0.3) is 5.91 Å². The third-order valence-corrected chi connectivity index (χ3v) is 4.10. The summed E-state index contributed by atoms with van der Waals surface area (Å²) < 4.78 is 16.7. The van der Waals surface area contributed by atoms with Crippen molar-refractivity contribution in [3.8, 4) is 23.0 Å². The van der Waals surface area contributed by atoms with Gasteiger partial charge in [0, 0.05) is 5.69 Å². The Hall–Kier alpha value is -3.47. The van der Waals surface area contributed by atoms with E-state index < -0.39 is 6.10 Å². The van der Waals surface area contributed by atoms with Crippen LogP contribution in [0.15, 0.2) is 78.9 Å². The van der Waals surface area contributed by atoms with Gasteiger partial charge in [-0.2, -0.15) is 0 Å². The number of para-hydroxylation sites is 1. The third kappa shape index (κ3) is 5.27. The SMILES string of the molecule is CC[C@H](Oc1ccc(OC)cc1)C(=O)Nc1ccc(Oc2ccccc2)cc1. The molecule has 0 aromatic heterocycles. The van der Waals surface area contributed by atoms with Crippen LogP contribution < -0.4 is 19.5 Å². The molecule has 3 aromatic carbocycles. The van der Waals surface area contributed by atoms with E-state index in [0.717, 1.165) is 11.5 Å². The molecule has 28 heavy (non-hydrogen) atoms. The van der Waals surface area contributed by atoms with E-state index in [-0.39, 0.29) is 5.91 Å². The second-order valence-corrected chi connectivity index (χ2v) is 6.12. The van der Waals surface area contributed by atoms with E-state index in [2.05, 4.69) is 5.32 Å². The zero-order valence-electron chi connectivity index (χ0n) is 15.9. The summed E-state index contributed by atoms with van der Waals surface area (Å²) in [5.74, 6) is 2.62. The van der Waals surface area contributed by atoms with Gasteiger partial charge in [-0.1, -0.05) is 25.1 Å². The maximum atomic E-state index is 12.6. The Kier molecular flexibility index (Phi) is 6.52. The minimum Gasteiger partial charge on any atom is -0.497 e. The van der Waals surface area contributed by atoms with Crippen LogP contribution in [-0.4, -0.2) is 19.1 Å². The van der Waals surface area contributed by atoms with Gasteiger partial charge in [-0.05, 0) is 67.1 Å². The van der Waals surface area contributed by atoms with Crippen LogP contribution in [0, 0.1) is 0 Å². The van der Waals surface area contributed by atoms with Gasteiger partial charge >= 0.3 is 0 Å². The number of hydrogen-bond donors (Lipinski definition) is 1. The fourth-order valence-electron chi connectivity index (χ4n) is 2.59. The average Bonchev–Trinajstić information content (AvgIpc) is 2.74. The van der Waals surface area contributed by atoms with Crippen molar-refractivity contribution in [2.75, 3.05) is 12.4 Å². The number of hydrogen-bond acceptors (Lipinski definition) is 4. The largest absolute Gasteiger partial charge is 0.497 e. The molecule has 144 valence electrons. The lowest BCUT2D eigenvalue weighted by Gasteiger charge is -2.17. The number of benzene rings is 3. The minimum absolute atomic E-state index is 0.199. The predicted octanol–water partition coefficient (Wildman–Crippen LogP) is 5.28. The average molecular weight is 377 g/mol. The highest BCUT2D eigenvalue weighted by molar-refractivity contribution is 5.94. The maximum Gasteiger partial charge on any atom is 0.265 e. The predicted molar refractivity (Wildman–Crippen MR) is 109 cm³/mol. The summed E-state index contributed by atoms with van der Waals surface area (Å²) in [4.78, 5) is 12.6. The molecular formula is C23H23NO4. The molecule has 0 spiro atoms. The lowest BCUT2D eigenvalue weighted by atomic mass is 10.2. The fraction of sp³-hybridized carbons (Fsp3) is 0.174. The van der Waals surface area contributed by atoms with E-state index >= 15 is 0 Å². The molecule has 0 unspecified atom stereocenters. The molecule has 1 amide bonds. The van der Waals surface area contributed by atoms with E-state index in [1.54, 1.807) is 43.5 Å². The number of nitrogens with one attached hydrogen (secondary N) is 1. The Balaban J connectivity index is 1.58. The molecular weight excluding hydrogens is 354 g/mol. The van der Waals surface area contributed by atoms with Gasteiger partial charge in [-0.25, -0.2) is 0 Å². The van der Waals surface area contributed by atoms with E-state index in [4.69, 9.17) is 14.2 Å². The number of rotatable bonds is 8. The summed E-state index contributed by atoms with van der Waals surface area (Å²) in [7, 11) is 1.61. The standard InChI is InChI=1S/C23H23NO4/c1-3-22(28-21-15-13-18(26-2)14-16-21)23(25)24-17-9-11-20(12-10-17)27-19-7-5-4-6-8-19/h4-16,22H,3H2,1-2H3,(H,24,25)/t22-/m0/s1. The molecule has 5 heteroatoms. The second-order valence-electron chi connectivity index (χ2n) is 6.12. The van der Waals surface area contributed by atoms with Crippen molar-refractivity contribution in [2.45, 2.75) is 19.4 Å².